The van der Waals surface area contributed by atoms with Gasteiger partial charge < -0.3 is 14.8 Å². The van der Waals surface area contributed by atoms with Gasteiger partial charge in [-0.05, 0) is 31.0 Å². The highest BCUT2D eigenvalue weighted by Crippen LogP contribution is 2.37. The van der Waals surface area contributed by atoms with Gasteiger partial charge in [0.1, 0.15) is 11.5 Å². The minimum atomic E-state index is 0. The van der Waals surface area contributed by atoms with Crippen molar-refractivity contribution in [2.45, 2.75) is 44.2 Å². The molecule has 2 aliphatic rings. The largest absolute Gasteiger partial charge is 0.497 e. The third-order valence-corrected chi connectivity index (χ3v) is 5.32. The molecular weight excluding hydrogens is 312 g/mol. The van der Waals surface area contributed by atoms with E-state index in [1.807, 2.05) is 12.1 Å². The fourth-order valence-electron chi connectivity index (χ4n) is 4.04. The van der Waals surface area contributed by atoms with Gasteiger partial charge in [0.25, 0.3) is 0 Å². The van der Waals surface area contributed by atoms with Crippen molar-refractivity contribution in [3.8, 4) is 11.5 Å². The first-order valence-corrected chi connectivity index (χ1v) is 8.44. The van der Waals surface area contributed by atoms with Crippen LogP contribution in [0, 0.1) is 0 Å². The first kappa shape index (κ1) is 18.4. The molecule has 1 N–H and O–H groups in total. The second kappa shape index (κ2) is 8.22. The number of ether oxygens (including phenoxy) is 2. The Morgan fingerprint density at radius 1 is 1.13 bits per heavy atom. The smallest absolute Gasteiger partial charge is 0.123 e. The van der Waals surface area contributed by atoms with Gasteiger partial charge in [-0.15, -0.1) is 12.4 Å². The summed E-state index contributed by atoms with van der Waals surface area (Å²) in [7, 11) is 3.47. The van der Waals surface area contributed by atoms with Gasteiger partial charge in [0, 0.05) is 37.3 Å². The Labute approximate surface area is 145 Å². The Balaban J connectivity index is 0.00000192. The lowest BCUT2D eigenvalue weighted by atomic mass is 9.79. The Bertz CT molecular complexity index is 496. The van der Waals surface area contributed by atoms with Gasteiger partial charge in [0.05, 0.1) is 14.2 Å². The van der Waals surface area contributed by atoms with E-state index in [0.717, 1.165) is 37.7 Å². The topological polar surface area (TPSA) is 33.7 Å². The first-order valence-electron chi connectivity index (χ1n) is 8.44. The Kier molecular flexibility index (Phi) is 6.57. The molecule has 0 bridgehead atoms. The summed E-state index contributed by atoms with van der Waals surface area (Å²) in [6.45, 7) is 4.26. The summed E-state index contributed by atoms with van der Waals surface area (Å²) in [5.41, 5.74) is 1.57. The molecule has 4 nitrogen and oxygen atoms in total. The van der Waals surface area contributed by atoms with Gasteiger partial charge in [0.2, 0.25) is 0 Å². The molecule has 1 aromatic rings. The van der Waals surface area contributed by atoms with E-state index in [4.69, 9.17) is 9.47 Å². The molecule has 0 aromatic heterocycles. The maximum Gasteiger partial charge on any atom is 0.123 e. The average Bonchev–Trinajstić information content (AvgIpc) is 2.58. The fraction of sp³-hybridized carbons (Fsp3) is 0.667. The van der Waals surface area contributed by atoms with Crippen LogP contribution in [-0.2, 0) is 6.54 Å². The average molecular weight is 341 g/mol. The van der Waals surface area contributed by atoms with E-state index >= 15 is 0 Å². The SMILES string of the molecule is COc1ccc(OC)c(CN2CCNCC23CCCCC3)c1.Cl. The molecule has 5 heteroatoms. The molecule has 1 heterocycles. The molecule has 23 heavy (non-hydrogen) atoms. The van der Waals surface area contributed by atoms with Crippen molar-refractivity contribution >= 4 is 12.4 Å². The van der Waals surface area contributed by atoms with Gasteiger partial charge >= 0.3 is 0 Å². The number of hydrogen-bond acceptors (Lipinski definition) is 4. The summed E-state index contributed by atoms with van der Waals surface area (Å²) >= 11 is 0. The van der Waals surface area contributed by atoms with Gasteiger partial charge in [-0.25, -0.2) is 0 Å². The summed E-state index contributed by atoms with van der Waals surface area (Å²) in [4.78, 5) is 2.68. The van der Waals surface area contributed by atoms with Crippen LogP contribution in [-0.4, -0.2) is 44.3 Å². The molecule has 0 atom stereocenters. The molecule has 2 fully saturated rings. The maximum atomic E-state index is 5.56. The summed E-state index contributed by atoms with van der Waals surface area (Å²) < 4.78 is 11.0. The molecule has 3 rings (SSSR count). The van der Waals surface area contributed by atoms with Crippen LogP contribution in [0.5, 0.6) is 11.5 Å². The fourth-order valence-corrected chi connectivity index (χ4v) is 4.04. The van der Waals surface area contributed by atoms with Crippen LogP contribution in [0.4, 0.5) is 0 Å². The Morgan fingerprint density at radius 3 is 2.61 bits per heavy atom. The summed E-state index contributed by atoms with van der Waals surface area (Å²) in [5, 5.41) is 3.61. The van der Waals surface area contributed by atoms with Crippen molar-refractivity contribution in [2.24, 2.45) is 0 Å². The van der Waals surface area contributed by atoms with Crippen LogP contribution >= 0.6 is 12.4 Å². The number of methoxy groups -OCH3 is 2. The quantitative estimate of drug-likeness (QED) is 0.912. The van der Waals surface area contributed by atoms with Gasteiger partial charge in [-0.3, -0.25) is 4.90 Å². The van der Waals surface area contributed by atoms with Crippen LogP contribution in [0.2, 0.25) is 0 Å². The van der Waals surface area contributed by atoms with Crippen molar-refractivity contribution in [2.75, 3.05) is 33.9 Å². The molecule has 1 aliphatic heterocycles. The molecule has 1 aromatic carbocycles. The molecule has 0 radical (unpaired) electrons. The zero-order valence-electron chi connectivity index (χ0n) is 14.3. The van der Waals surface area contributed by atoms with Crippen molar-refractivity contribution in [3.63, 3.8) is 0 Å². The molecule has 1 aliphatic carbocycles. The lowest BCUT2D eigenvalue weighted by Gasteiger charge is -2.50. The second-order valence-corrected chi connectivity index (χ2v) is 6.56. The van der Waals surface area contributed by atoms with E-state index in [9.17, 15) is 0 Å². The number of nitrogens with zero attached hydrogens (tertiary/aromatic N) is 1. The normalized spacial score (nSPS) is 20.8. The minimum Gasteiger partial charge on any atom is -0.497 e. The van der Waals surface area contributed by atoms with Gasteiger partial charge in [-0.1, -0.05) is 19.3 Å². The zero-order valence-corrected chi connectivity index (χ0v) is 15.1. The van der Waals surface area contributed by atoms with E-state index in [-0.39, 0.29) is 12.4 Å². The predicted octanol–water partition coefficient (Wildman–Crippen LogP) is 3.23. The third kappa shape index (κ3) is 3.93. The standard InChI is InChI=1S/C18H28N2O2.ClH/c1-21-16-6-7-17(22-2)15(12-16)13-20-11-10-19-14-18(20)8-4-3-5-9-18;/h6-7,12,19H,3-5,8-11,13-14H2,1-2H3;1H. The van der Waals surface area contributed by atoms with Gasteiger partial charge in [0.15, 0.2) is 0 Å². The summed E-state index contributed by atoms with van der Waals surface area (Å²) in [5.74, 6) is 1.87. The summed E-state index contributed by atoms with van der Waals surface area (Å²) in [6, 6.07) is 6.11. The molecule has 130 valence electrons. The van der Waals surface area contributed by atoms with E-state index in [1.54, 1.807) is 14.2 Å². The monoisotopic (exact) mass is 340 g/mol. The van der Waals surface area contributed by atoms with Crippen LogP contribution in [0.3, 0.4) is 0 Å². The highest BCUT2D eigenvalue weighted by molar-refractivity contribution is 5.85. The van der Waals surface area contributed by atoms with Crippen molar-refractivity contribution in [1.82, 2.24) is 10.2 Å². The van der Waals surface area contributed by atoms with Crippen LogP contribution < -0.4 is 14.8 Å². The van der Waals surface area contributed by atoms with Gasteiger partial charge in [-0.2, -0.15) is 0 Å². The third-order valence-electron chi connectivity index (χ3n) is 5.32. The van der Waals surface area contributed by atoms with Crippen molar-refractivity contribution in [3.05, 3.63) is 23.8 Å². The molecule has 0 amide bonds. The van der Waals surface area contributed by atoms with Crippen LogP contribution in [0.25, 0.3) is 0 Å². The second-order valence-electron chi connectivity index (χ2n) is 6.56. The zero-order chi connectivity index (χ0) is 15.4. The van der Waals surface area contributed by atoms with Crippen LogP contribution in [0.1, 0.15) is 37.7 Å². The van der Waals surface area contributed by atoms with Crippen molar-refractivity contribution in [1.29, 1.82) is 0 Å². The predicted molar refractivity (Wildman–Crippen MR) is 95.9 cm³/mol. The van der Waals surface area contributed by atoms with E-state index < -0.39 is 0 Å². The number of nitrogens with one attached hydrogen (secondary N) is 1. The Hall–Kier alpha value is -0.970. The number of piperazine rings is 1. The number of halogens is 1. The highest BCUT2D eigenvalue weighted by atomic mass is 35.5. The molecule has 0 unspecified atom stereocenters. The molecule has 1 spiro atoms. The molecular formula is C18H29ClN2O2. The van der Waals surface area contributed by atoms with E-state index in [2.05, 4.69) is 16.3 Å². The number of rotatable bonds is 4. The lowest BCUT2D eigenvalue weighted by molar-refractivity contribution is 0.0203. The number of hydrogen-bond donors (Lipinski definition) is 1. The minimum absolute atomic E-state index is 0. The van der Waals surface area contributed by atoms with E-state index in [0.29, 0.717) is 5.54 Å². The number of benzene rings is 1. The highest BCUT2D eigenvalue weighted by Gasteiger charge is 2.39. The molecule has 1 saturated heterocycles. The lowest BCUT2D eigenvalue weighted by Crippen LogP contribution is -2.61. The summed E-state index contributed by atoms with van der Waals surface area (Å²) in [6.07, 6.45) is 6.72. The maximum absolute atomic E-state index is 5.56. The molecule has 1 saturated carbocycles. The van der Waals surface area contributed by atoms with Crippen LogP contribution in [0.15, 0.2) is 18.2 Å². The van der Waals surface area contributed by atoms with Crippen molar-refractivity contribution < 1.29 is 9.47 Å². The Morgan fingerprint density at radius 2 is 1.91 bits per heavy atom. The first-order chi connectivity index (χ1) is 10.8. The van der Waals surface area contributed by atoms with E-state index in [1.165, 1.54) is 37.7 Å².